The van der Waals surface area contributed by atoms with E-state index in [-0.39, 0.29) is 36.0 Å². The number of hydrogen-bond acceptors (Lipinski definition) is 7. The van der Waals surface area contributed by atoms with Crippen LogP contribution < -0.4 is 0 Å². The first-order chi connectivity index (χ1) is 13.5. The number of phenols is 1. The summed E-state index contributed by atoms with van der Waals surface area (Å²) in [6.07, 6.45) is 9.91. The molecule has 0 atom stereocenters. The summed E-state index contributed by atoms with van der Waals surface area (Å²) in [6.45, 7) is -0.106. The average molecular weight is 408 g/mol. The van der Waals surface area contributed by atoms with E-state index >= 15 is 0 Å². The number of ether oxygens (including phenoxy) is 2. The van der Waals surface area contributed by atoms with Gasteiger partial charge in [0.15, 0.2) is 0 Å². The van der Waals surface area contributed by atoms with Crippen molar-refractivity contribution in [2.45, 2.75) is 25.7 Å². The zero-order valence-electron chi connectivity index (χ0n) is 15.5. The minimum absolute atomic E-state index is 0.0375. The lowest BCUT2D eigenvalue weighted by atomic mass is 10.0. The van der Waals surface area contributed by atoms with Gasteiger partial charge in [0.05, 0.1) is 30.0 Å². The van der Waals surface area contributed by atoms with Crippen LogP contribution in [0.15, 0.2) is 41.6 Å². The van der Waals surface area contributed by atoms with Gasteiger partial charge in [0.1, 0.15) is 5.75 Å². The predicted molar refractivity (Wildman–Crippen MR) is 105 cm³/mol. The molecule has 1 aromatic rings. The number of allylic oxidation sites excluding steroid dienone is 3. The number of oxime groups is 1. The number of methoxy groups -OCH3 is 1. The van der Waals surface area contributed by atoms with Crippen LogP contribution in [0.2, 0.25) is 5.02 Å². The van der Waals surface area contributed by atoms with E-state index in [0.717, 1.165) is 12.8 Å². The third kappa shape index (κ3) is 6.42. The van der Waals surface area contributed by atoms with Crippen LogP contribution in [-0.2, 0) is 25.5 Å². The Bertz CT molecular complexity index is 800. The highest BCUT2D eigenvalue weighted by Crippen LogP contribution is 2.31. The van der Waals surface area contributed by atoms with Gasteiger partial charge < -0.3 is 19.4 Å². The number of halogens is 1. The van der Waals surface area contributed by atoms with E-state index in [4.69, 9.17) is 21.2 Å². The molecule has 28 heavy (non-hydrogen) atoms. The van der Waals surface area contributed by atoms with Crippen LogP contribution in [0.3, 0.4) is 0 Å². The van der Waals surface area contributed by atoms with Crippen molar-refractivity contribution in [3.63, 3.8) is 0 Å². The summed E-state index contributed by atoms with van der Waals surface area (Å²) < 4.78 is 9.80. The molecule has 0 bridgehead atoms. The molecule has 1 aliphatic heterocycles. The fraction of sp³-hybridized carbons (Fsp3) is 0.350. The van der Waals surface area contributed by atoms with Crippen molar-refractivity contribution in [2.75, 3.05) is 20.3 Å². The van der Waals surface area contributed by atoms with Crippen molar-refractivity contribution < 1.29 is 29.0 Å². The Hall–Kier alpha value is -2.80. The minimum atomic E-state index is -0.570. The number of fused-ring (bicyclic) bond motifs is 1. The highest BCUT2D eigenvalue weighted by Gasteiger charge is 2.19. The molecule has 1 aliphatic rings. The van der Waals surface area contributed by atoms with Crippen molar-refractivity contribution in [3.05, 3.63) is 52.6 Å². The number of rotatable bonds is 3. The molecule has 1 heterocycles. The molecule has 0 aliphatic carbocycles. The Morgan fingerprint density at radius 1 is 1.25 bits per heavy atom. The van der Waals surface area contributed by atoms with Crippen molar-refractivity contribution in [2.24, 2.45) is 5.16 Å². The van der Waals surface area contributed by atoms with Gasteiger partial charge in [0, 0.05) is 6.42 Å². The Morgan fingerprint density at radius 3 is 2.79 bits per heavy atom. The fourth-order valence-corrected chi connectivity index (χ4v) is 2.68. The lowest BCUT2D eigenvalue weighted by Crippen LogP contribution is -2.13. The molecular formula is C20H22ClNO6. The van der Waals surface area contributed by atoms with Crippen LogP contribution in [0, 0.1) is 0 Å². The van der Waals surface area contributed by atoms with Gasteiger partial charge in [-0.3, -0.25) is 0 Å². The van der Waals surface area contributed by atoms with E-state index in [2.05, 4.69) is 9.89 Å². The summed E-state index contributed by atoms with van der Waals surface area (Å²) in [5.74, 6) is -1.27. The largest absolute Gasteiger partial charge is 0.506 e. The van der Waals surface area contributed by atoms with Crippen LogP contribution in [0.5, 0.6) is 5.75 Å². The standard InChI is InChI=1S/C20H22ClNO6/c1-26-18(24)13-28-22-14-8-6-4-2-3-5-7-11-27-20(25)15-9-10-17(23)19(21)16(15)12-14/h3,5-6,8-10,23H,2,4,7,11-13H2,1H3/b5-3+,8-6+,22-14+. The molecule has 0 fully saturated rings. The van der Waals surface area contributed by atoms with E-state index in [1.807, 2.05) is 18.2 Å². The SMILES string of the molecule is COC(=O)CO/N=C1\C=C\CC/C=C/CCOC(=O)c2ccc(O)c(Cl)c2C1. The summed E-state index contributed by atoms with van der Waals surface area (Å²) >= 11 is 6.24. The van der Waals surface area contributed by atoms with E-state index in [1.165, 1.54) is 19.2 Å². The van der Waals surface area contributed by atoms with Crippen molar-refractivity contribution in [3.8, 4) is 5.75 Å². The Kier molecular flexibility index (Phi) is 8.55. The Balaban J connectivity index is 2.37. The molecule has 0 spiro atoms. The monoisotopic (exact) mass is 407 g/mol. The molecule has 0 amide bonds. The first-order valence-electron chi connectivity index (χ1n) is 8.77. The van der Waals surface area contributed by atoms with Gasteiger partial charge in [-0.15, -0.1) is 0 Å². The second-order valence-electron chi connectivity index (χ2n) is 5.91. The second kappa shape index (κ2) is 11.1. The van der Waals surface area contributed by atoms with Crippen LogP contribution in [0.1, 0.15) is 35.2 Å². The van der Waals surface area contributed by atoms with E-state index in [0.29, 0.717) is 17.7 Å². The summed E-state index contributed by atoms with van der Waals surface area (Å²) in [5, 5.41) is 13.9. The quantitative estimate of drug-likeness (QED) is 0.467. The summed E-state index contributed by atoms with van der Waals surface area (Å²) in [6, 6.07) is 2.79. The van der Waals surface area contributed by atoms with E-state index < -0.39 is 11.9 Å². The lowest BCUT2D eigenvalue weighted by Gasteiger charge is -2.13. The molecule has 150 valence electrons. The number of phenolic OH excluding ortho intramolecular Hbond substituents is 1. The maximum absolute atomic E-state index is 12.5. The van der Waals surface area contributed by atoms with Gasteiger partial charge in [-0.25, -0.2) is 9.59 Å². The van der Waals surface area contributed by atoms with Gasteiger partial charge in [-0.05, 0) is 43.0 Å². The van der Waals surface area contributed by atoms with Gasteiger partial charge >= 0.3 is 11.9 Å². The van der Waals surface area contributed by atoms with Crippen molar-refractivity contribution in [1.82, 2.24) is 0 Å². The molecule has 1 aromatic carbocycles. The van der Waals surface area contributed by atoms with Gasteiger partial charge in [-0.2, -0.15) is 0 Å². The summed E-state index contributed by atoms with van der Waals surface area (Å²) in [4.78, 5) is 28.7. The summed E-state index contributed by atoms with van der Waals surface area (Å²) in [7, 11) is 1.25. The predicted octanol–water partition coefficient (Wildman–Crippen LogP) is 3.59. The molecule has 0 saturated carbocycles. The number of cyclic esters (lactones) is 1. The number of hydrogen-bond donors (Lipinski definition) is 1. The molecule has 0 unspecified atom stereocenters. The molecule has 1 N–H and O–H groups in total. The Morgan fingerprint density at radius 2 is 2.00 bits per heavy atom. The lowest BCUT2D eigenvalue weighted by molar-refractivity contribution is -0.145. The zero-order valence-corrected chi connectivity index (χ0v) is 16.3. The molecule has 0 aromatic heterocycles. The average Bonchev–Trinajstić information content (AvgIpc) is 2.68. The minimum Gasteiger partial charge on any atom is -0.506 e. The maximum Gasteiger partial charge on any atom is 0.346 e. The highest BCUT2D eigenvalue weighted by atomic mass is 35.5. The molecule has 0 saturated heterocycles. The first kappa shape index (κ1) is 21.5. The molecular weight excluding hydrogens is 386 g/mol. The second-order valence-corrected chi connectivity index (χ2v) is 6.29. The number of benzene rings is 1. The number of nitrogens with zero attached hydrogens (tertiary/aromatic N) is 1. The first-order valence-corrected chi connectivity index (χ1v) is 9.15. The van der Waals surface area contributed by atoms with Crippen LogP contribution in [0.25, 0.3) is 0 Å². The van der Waals surface area contributed by atoms with Gasteiger partial charge in [0.2, 0.25) is 6.61 Å². The zero-order chi connectivity index (χ0) is 20.4. The third-order valence-corrected chi connectivity index (χ3v) is 4.31. The molecule has 7 nitrogen and oxygen atoms in total. The normalized spacial score (nSPS) is 19.1. The van der Waals surface area contributed by atoms with Crippen LogP contribution in [-0.4, -0.2) is 43.1 Å². The van der Waals surface area contributed by atoms with Crippen molar-refractivity contribution in [1.29, 1.82) is 0 Å². The number of carbonyl (C=O) groups is 2. The van der Waals surface area contributed by atoms with Gasteiger partial charge in [0.25, 0.3) is 0 Å². The highest BCUT2D eigenvalue weighted by molar-refractivity contribution is 6.33. The van der Waals surface area contributed by atoms with E-state index in [1.54, 1.807) is 6.08 Å². The fourth-order valence-electron chi connectivity index (χ4n) is 2.45. The molecule has 8 heteroatoms. The third-order valence-electron chi connectivity index (χ3n) is 3.89. The smallest absolute Gasteiger partial charge is 0.346 e. The van der Waals surface area contributed by atoms with Crippen LogP contribution >= 0.6 is 11.6 Å². The van der Waals surface area contributed by atoms with Crippen molar-refractivity contribution >= 4 is 29.3 Å². The Labute approximate surface area is 168 Å². The molecule has 2 rings (SSSR count). The molecule has 0 radical (unpaired) electrons. The van der Waals surface area contributed by atoms with Crippen LogP contribution in [0.4, 0.5) is 0 Å². The van der Waals surface area contributed by atoms with Gasteiger partial charge in [-0.1, -0.05) is 35.0 Å². The number of aromatic hydroxyl groups is 1. The summed E-state index contributed by atoms with van der Waals surface area (Å²) in [5.41, 5.74) is 1.02. The number of esters is 2. The topological polar surface area (TPSA) is 94.4 Å². The van der Waals surface area contributed by atoms with E-state index in [9.17, 15) is 14.7 Å². The maximum atomic E-state index is 12.5. The number of carbonyl (C=O) groups excluding carboxylic acids is 2.